The molecule has 2 fully saturated rings. The van der Waals surface area contributed by atoms with E-state index in [-0.39, 0.29) is 75.2 Å². The van der Waals surface area contributed by atoms with Crippen molar-refractivity contribution in [1.82, 2.24) is 25.1 Å². The molecule has 10 N–H and O–H groups in total. The minimum Gasteiger partial charge on any atom is -0.478 e. The molecule has 0 unspecified atom stereocenters. The van der Waals surface area contributed by atoms with E-state index in [9.17, 15) is 64.3 Å². The predicted octanol–water partition coefficient (Wildman–Crippen LogP) is 12.4. The number of anilines is 4. The van der Waals surface area contributed by atoms with Crippen molar-refractivity contribution < 1.29 is 68.9 Å². The number of nitrogens with one attached hydrogen (secondary N) is 5. The average Bonchev–Trinajstić information content (AvgIpc) is 0.792. The zero-order valence-electron chi connectivity index (χ0n) is 56.3. The van der Waals surface area contributed by atoms with Crippen LogP contribution in [0, 0.1) is 11.6 Å². The number of piperazine rings is 2. The van der Waals surface area contributed by atoms with E-state index in [1.165, 1.54) is 36.4 Å². The van der Waals surface area contributed by atoms with Crippen molar-refractivity contribution in [3.05, 3.63) is 163 Å². The lowest BCUT2D eigenvalue weighted by Crippen LogP contribution is -2.55. The van der Waals surface area contributed by atoms with Gasteiger partial charge in [-0.2, -0.15) is 26.3 Å². The average molecular weight is 1380 g/mol. The van der Waals surface area contributed by atoms with E-state index in [1.54, 1.807) is 30.3 Å². The van der Waals surface area contributed by atoms with Crippen LogP contribution < -0.4 is 48.3 Å². The fraction of sp³-hybridized carbons (Fsp3) is 0.443. The first-order chi connectivity index (χ1) is 46.0. The lowest BCUT2D eigenvalue weighted by molar-refractivity contribution is -0.138. The number of alkyl carbamates (subject to hydrolysis) is 1. The molecule has 0 saturated carbocycles. The Morgan fingerprint density at radius 1 is 0.561 bits per heavy atom. The number of ketones is 1. The fourth-order valence-corrected chi connectivity index (χ4v) is 11.2. The van der Waals surface area contributed by atoms with Gasteiger partial charge in [-0.3, -0.25) is 33.8 Å². The van der Waals surface area contributed by atoms with Gasteiger partial charge in [0.15, 0.2) is 5.78 Å². The van der Waals surface area contributed by atoms with Crippen molar-refractivity contribution in [1.29, 1.82) is 0 Å². The van der Waals surface area contributed by atoms with Crippen LogP contribution in [0.4, 0.5) is 62.7 Å². The van der Waals surface area contributed by atoms with Gasteiger partial charge >= 0.3 is 24.4 Å². The van der Waals surface area contributed by atoms with E-state index in [4.69, 9.17) is 21.3 Å². The van der Waals surface area contributed by atoms with Crippen LogP contribution in [0.15, 0.2) is 107 Å². The monoisotopic (exact) mass is 1380 g/mol. The van der Waals surface area contributed by atoms with Gasteiger partial charge in [0.25, 0.3) is 11.8 Å². The molecule has 20 nitrogen and oxygen atoms in total. The molecule has 0 aliphatic carbocycles. The molecule has 0 bridgehead atoms. The van der Waals surface area contributed by atoms with Crippen LogP contribution in [-0.2, 0) is 17.1 Å². The molecule has 2 aliphatic heterocycles. The number of unbranched alkanes of at least 4 members (excludes halogenated alkanes) is 5. The summed E-state index contributed by atoms with van der Waals surface area (Å²) in [6, 6.07) is 18.3. The first kappa shape index (κ1) is 78.0. The predicted molar refractivity (Wildman–Crippen MR) is 362 cm³/mol. The second kappa shape index (κ2) is 34.5. The van der Waals surface area contributed by atoms with Crippen molar-refractivity contribution in [3.63, 3.8) is 0 Å². The number of hydrogen-bond donors (Lipinski definition) is 8. The van der Waals surface area contributed by atoms with Crippen molar-refractivity contribution in [2.75, 3.05) is 80.3 Å². The lowest BCUT2D eigenvalue weighted by Gasteiger charge is -2.44. The number of pyridine rings is 2. The molecule has 532 valence electrons. The number of rotatable bonds is 21. The standard InChI is InChI=1S/C33H39F4N5O3.C27H26F4N4O4.C10H22N2O2/c1-20-18-42(19-21(2)41(20)3)29-12-10-22(24-11-9-23(14-27(24)34)30(43)8-6-4-5-7-13-38)15-28(29)40-32(45)25-17-39-31(44)16-26(25)33(35,36)37;1-14-12-35(13-15(2)34(14)3)23-7-5-16(18-6-4-17(26(38)39)8-21(18)28)9-22(23)33-25(37)19-11-32-24(36)10-20(19)27(29,30)31;1-10(2,3)14-9(13)12-8-6-4-5-7-11/h9-12,14-17,20-21H,4-8,13,18-19,38H2,1-3H3,(H,39,44)(H,40,45);4-11,14-15H,12-13H2,1-3H3,(H,32,36)(H,33,37)(H,38,39);4-8,11H2,1-3H3,(H,12,13)/t20-,21+;14-,15+;. The number of benzene rings is 4. The molecule has 3 amide bonds. The molecule has 4 atom stereocenters. The van der Waals surface area contributed by atoms with E-state index in [0.29, 0.717) is 93.9 Å². The third-order valence-corrected chi connectivity index (χ3v) is 16.9. The maximum absolute atomic E-state index is 15.4. The number of aromatic carboxylic acids is 1. The number of alkyl halides is 6. The molecule has 2 aliphatic rings. The van der Waals surface area contributed by atoms with Gasteiger partial charge in [0.05, 0.1) is 50.6 Å². The summed E-state index contributed by atoms with van der Waals surface area (Å²) in [5.41, 5.74) is 6.34. The molecule has 0 radical (unpaired) electrons. The zero-order chi connectivity index (χ0) is 72.6. The van der Waals surface area contributed by atoms with Gasteiger partial charge in [-0.15, -0.1) is 0 Å². The smallest absolute Gasteiger partial charge is 0.417 e. The Morgan fingerprint density at radius 3 is 1.35 bits per heavy atom. The number of halogens is 8. The van der Waals surface area contributed by atoms with Crippen LogP contribution in [0.3, 0.4) is 0 Å². The first-order valence-electron chi connectivity index (χ1n) is 32.2. The third-order valence-electron chi connectivity index (χ3n) is 16.9. The van der Waals surface area contributed by atoms with Crippen molar-refractivity contribution in [2.24, 2.45) is 11.5 Å². The maximum atomic E-state index is 15.4. The number of amides is 3. The number of carboxylic acids is 1. The van der Waals surface area contributed by atoms with Crippen LogP contribution in [-0.4, -0.2) is 144 Å². The number of likely N-dealkylation sites (N-methyl/N-ethyl adjacent to an activating group) is 2. The fourth-order valence-electron chi connectivity index (χ4n) is 11.2. The summed E-state index contributed by atoms with van der Waals surface area (Å²) in [7, 11) is 3.99. The molecule has 4 aromatic carbocycles. The highest BCUT2D eigenvalue weighted by atomic mass is 19.4. The van der Waals surface area contributed by atoms with Gasteiger partial charge in [0.1, 0.15) is 17.2 Å². The third kappa shape index (κ3) is 21.8. The molecule has 4 heterocycles. The van der Waals surface area contributed by atoms with Gasteiger partial charge in [-0.1, -0.05) is 49.6 Å². The molecule has 8 rings (SSSR count). The summed E-state index contributed by atoms with van der Waals surface area (Å²) in [4.78, 5) is 97.3. The molecule has 6 aromatic rings. The Kier molecular flexibility index (Phi) is 27.4. The summed E-state index contributed by atoms with van der Waals surface area (Å²) in [5.74, 6) is -5.13. The molecule has 28 heteroatoms. The summed E-state index contributed by atoms with van der Waals surface area (Å²) in [6.45, 7) is 17.9. The number of carbonyl (C=O) groups excluding carboxylic acids is 4. The second-order valence-corrected chi connectivity index (χ2v) is 25.5. The highest BCUT2D eigenvalue weighted by Gasteiger charge is 2.38. The van der Waals surface area contributed by atoms with E-state index in [2.05, 4.69) is 35.7 Å². The Morgan fingerprint density at radius 2 is 0.959 bits per heavy atom. The summed E-state index contributed by atoms with van der Waals surface area (Å²) < 4.78 is 117. The van der Waals surface area contributed by atoms with Crippen LogP contribution in [0.5, 0.6) is 0 Å². The quantitative estimate of drug-likeness (QED) is 0.0189. The van der Waals surface area contributed by atoms with Gasteiger partial charge in [-0.05, 0) is 155 Å². The van der Waals surface area contributed by atoms with Gasteiger partial charge in [0.2, 0.25) is 11.1 Å². The Labute approximate surface area is 563 Å². The number of aromatic nitrogens is 2. The molecule has 0 spiro atoms. The minimum atomic E-state index is -4.96. The number of hydrogen-bond acceptors (Lipinski definition) is 14. The van der Waals surface area contributed by atoms with Gasteiger partial charge < -0.3 is 57.0 Å². The molecule has 2 saturated heterocycles. The topological polar surface area (TPSA) is 282 Å². The number of carboxylic acid groups (broad SMARTS) is 1. The lowest BCUT2D eigenvalue weighted by atomic mass is 9.98. The maximum Gasteiger partial charge on any atom is 0.417 e. The molecule has 98 heavy (non-hydrogen) atoms. The molecular formula is C70H87F8N11O9. The number of Topliss-reactive ketones (excluding diaryl/α,β-unsaturated/α-hetero) is 1. The number of H-pyrrole nitrogens is 2. The van der Waals surface area contributed by atoms with E-state index in [1.807, 2.05) is 72.4 Å². The van der Waals surface area contributed by atoms with Crippen LogP contribution in [0.25, 0.3) is 22.3 Å². The number of aromatic amines is 2. The number of carbonyl (C=O) groups is 5. The SMILES string of the molecule is CC(C)(C)OC(=O)NCCCCCN.C[C@@H]1CN(c2ccc(-c3ccc(C(=O)CCCCCCN)cc3F)cc2NC(=O)c2c[nH]c(=O)cc2C(F)(F)F)C[C@H](C)N1C.C[C@@H]1CN(c2ccc(-c3ccc(C(=O)O)cc3F)cc2NC(=O)c2c[nH]c(=O)cc2C(F)(F)F)C[C@H](C)N1C. The normalized spacial score (nSPS) is 16.8. The Bertz CT molecular complexity index is 3870. The summed E-state index contributed by atoms with van der Waals surface area (Å²) >= 11 is 0. The molecular weight excluding hydrogens is 1290 g/mol. The van der Waals surface area contributed by atoms with Gasteiger partial charge in [-0.25, -0.2) is 18.4 Å². The largest absolute Gasteiger partial charge is 0.478 e. The highest BCUT2D eigenvalue weighted by molar-refractivity contribution is 6.08. The van der Waals surface area contributed by atoms with Crippen molar-refractivity contribution in [3.8, 4) is 22.3 Å². The number of ether oxygens (including phenoxy) is 1. The van der Waals surface area contributed by atoms with Crippen molar-refractivity contribution in [2.45, 2.75) is 142 Å². The zero-order valence-corrected chi connectivity index (χ0v) is 56.3. The molecule has 2 aromatic heterocycles. The second-order valence-electron chi connectivity index (χ2n) is 25.5. The first-order valence-corrected chi connectivity index (χ1v) is 32.2. The van der Waals surface area contributed by atoms with Crippen molar-refractivity contribution >= 4 is 52.4 Å². The Balaban J connectivity index is 0.000000261. The highest BCUT2D eigenvalue weighted by Crippen LogP contribution is 2.39. The van der Waals surface area contributed by atoms with Crippen LogP contribution in [0.2, 0.25) is 0 Å². The van der Waals surface area contributed by atoms with E-state index >= 15 is 4.39 Å². The summed E-state index contributed by atoms with van der Waals surface area (Å²) in [6.07, 6.45) is -2.14. The van der Waals surface area contributed by atoms with Crippen LogP contribution in [0.1, 0.15) is 152 Å². The minimum absolute atomic E-state index is 0.0437. The number of nitrogens with two attached hydrogens (primary N) is 2. The number of nitrogens with zero attached hydrogens (tertiary/aromatic N) is 4. The van der Waals surface area contributed by atoms with Crippen LogP contribution >= 0.6 is 0 Å². The van der Waals surface area contributed by atoms with E-state index in [0.717, 1.165) is 50.8 Å². The van der Waals surface area contributed by atoms with Gasteiger partial charge in [0, 0.05) is 105 Å². The van der Waals surface area contributed by atoms with E-state index < -0.39 is 80.7 Å². The summed E-state index contributed by atoms with van der Waals surface area (Å²) in [5, 5.41) is 16.9. The Hall–Kier alpha value is -8.99.